The maximum Gasteiger partial charge on any atom is 0.350 e. The van der Waals surface area contributed by atoms with Crippen LogP contribution in [0.5, 0.6) is 0 Å². The van der Waals surface area contributed by atoms with Crippen molar-refractivity contribution in [3.8, 4) is 0 Å². The summed E-state index contributed by atoms with van der Waals surface area (Å²) in [5, 5.41) is 4.55. The highest BCUT2D eigenvalue weighted by Gasteiger charge is 2.17. The highest BCUT2D eigenvalue weighted by Crippen LogP contribution is 2.31. The zero-order valence-corrected chi connectivity index (χ0v) is 15.0. The Kier molecular flexibility index (Phi) is 5.39. The van der Waals surface area contributed by atoms with Crippen molar-refractivity contribution in [3.05, 3.63) is 34.8 Å². The molecule has 0 saturated heterocycles. The summed E-state index contributed by atoms with van der Waals surface area (Å²) in [4.78, 5) is 21.5. The van der Waals surface area contributed by atoms with E-state index in [0.717, 1.165) is 15.3 Å². The molecule has 8 heteroatoms. The molecular formula is C16H17N3O3S2. The molecule has 126 valence electrons. The van der Waals surface area contributed by atoms with Gasteiger partial charge in [-0.2, -0.15) is 0 Å². The quantitative estimate of drug-likeness (QED) is 0.505. The van der Waals surface area contributed by atoms with Crippen molar-refractivity contribution in [2.45, 2.75) is 13.8 Å². The number of benzene rings is 1. The summed E-state index contributed by atoms with van der Waals surface area (Å²) in [5.74, 6) is -0.373. The molecule has 3 rings (SSSR count). The fourth-order valence-corrected chi connectivity index (χ4v) is 3.85. The molecule has 0 saturated carbocycles. The number of aromatic nitrogens is 2. The second-order valence-electron chi connectivity index (χ2n) is 4.88. The van der Waals surface area contributed by atoms with Gasteiger partial charge in [-0.3, -0.25) is 0 Å². The Balaban J connectivity index is 1.68. The maximum atomic E-state index is 12.1. The second kappa shape index (κ2) is 7.69. The van der Waals surface area contributed by atoms with Crippen LogP contribution >= 0.6 is 22.7 Å². The molecule has 0 aliphatic rings. The van der Waals surface area contributed by atoms with Crippen LogP contribution in [-0.2, 0) is 9.47 Å². The van der Waals surface area contributed by atoms with Crippen molar-refractivity contribution >= 4 is 49.1 Å². The molecule has 1 N–H and O–H groups in total. The van der Waals surface area contributed by atoms with E-state index >= 15 is 0 Å². The standard InChI is InChI=1S/C16H17N3O3S2/c1-3-21-8-9-22-14(20)13-10(2)17-15(24-13)19-16-18-11-6-4-5-7-12(11)23-16/h4-7H,3,8-9H2,1-2H3,(H,17,18,19). The first-order valence-electron chi connectivity index (χ1n) is 7.52. The summed E-state index contributed by atoms with van der Waals surface area (Å²) in [6.45, 7) is 4.93. The molecule has 0 fully saturated rings. The van der Waals surface area contributed by atoms with Gasteiger partial charge in [0.25, 0.3) is 0 Å². The first-order valence-corrected chi connectivity index (χ1v) is 9.15. The van der Waals surface area contributed by atoms with E-state index in [2.05, 4.69) is 15.3 Å². The summed E-state index contributed by atoms with van der Waals surface area (Å²) in [6.07, 6.45) is 0. The normalized spacial score (nSPS) is 10.9. The smallest absolute Gasteiger partial charge is 0.350 e. The Morgan fingerprint density at radius 3 is 2.75 bits per heavy atom. The van der Waals surface area contributed by atoms with Crippen LogP contribution in [0.4, 0.5) is 10.3 Å². The number of esters is 1. The topological polar surface area (TPSA) is 73.3 Å². The Bertz CT molecular complexity index is 811. The van der Waals surface area contributed by atoms with Gasteiger partial charge in [0.2, 0.25) is 0 Å². The number of rotatable bonds is 7. The van der Waals surface area contributed by atoms with Gasteiger partial charge >= 0.3 is 5.97 Å². The van der Waals surface area contributed by atoms with E-state index in [9.17, 15) is 4.79 Å². The van der Waals surface area contributed by atoms with Crippen LogP contribution in [0.2, 0.25) is 0 Å². The molecule has 3 aromatic rings. The number of fused-ring (bicyclic) bond motifs is 1. The Hall–Kier alpha value is -2.03. The number of thiazole rings is 2. The minimum Gasteiger partial charge on any atom is -0.459 e. The number of carbonyl (C=O) groups excluding carboxylic acids is 1. The third kappa shape index (κ3) is 3.89. The van der Waals surface area contributed by atoms with Crippen LogP contribution in [0.25, 0.3) is 10.2 Å². The molecular weight excluding hydrogens is 346 g/mol. The van der Waals surface area contributed by atoms with Gasteiger partial charge in [-0.25, -0.2) is 14.8 Å². The van der Waals surface area contributed by atoms with E-state index in [0.29, 0.717) is 28.9 Å². The average molecular weight is 363 g/mol. The lowest BCUT2D eigenvalue weighted by Gasteiger charge is -2.03. The monoisotopic (exact) mass is 363 g/mol. The maximum absolute atomic E-state index is 12.1. The lowest BCUT2D eigenvalue weighted by atomic mass is 10.3. The van der Waals surface area contributed by atoms with Crippen LogP contribution in [0, 0.1) is 6.92 Å². The molecule has 0 aliphatic heterocycles. The number of hydrogen-bond donors (Lipinski definition) is 1. The summed E-state index contributed by atoms with van der Waals surface area (Å²) >= 11 is 2.81. The minimum atomic E-state index is -0.373. The zero-order chi connectivity index (χ0) is 16.9. The number of nitrogens with zero attached hydrogens (tertiary/aromatic N) is 2. The number of hydrogen-bond acceptors (Lipinski definition) is 8. The van der Waals surface area contributed by atoms with Gasteiger partial charge in [-0.15, -0.1) is 0 Å². The van der Waals surface area contributed by atoms with E-state index in [4.69, 9.17) is 9.47 Å². The molecule has 0 spiro atoms. The third-order valence-corrected chi connectivity index (χ3v) is 5.16. The first-order chi connectivity index (χ1) is 11.7. The van der Waals surface area contributed by atoms with Crippen molar-refractivity contribution in [2.75, 3.05) is 25.1 Å². The number of para-hydroxylation sites is 1. The molecule has 2 aromatic heterocycles. The zero-order valence-electron chi connectivity index (χ0n) is 13.4. The van der Waals surface area contributed by atoms with Crippen LogP contribution in [0.1, 0.15) is 22.3 Å². The van der Waals surface area contributed by atoms with Gasteiger partial charge in [-0.1, -0.05) is 34.8 Å². The molecule has 24 heavy (non-hydrogen) atoms. The second-order valence-corrected chi connectivity index (χ2v) is 6.91. The lowest BCUT2D eigenvalue weighted by Crippen LogP contribution is -2.10. The summed E-state index contributed by atoms with van der Waals surface area (Å²) in [5.41, 5.74) is 1.58. The van der Waals surface area contributed by atoms with E-state index in [1.54, 1.807) is 18.3 Å². The molecule has 2 heterocycles. The molecule has 1 aromatic carbocycles. The summed E-state index contributed by atoms with van der Waals surface area (Å²) in [7, 11) is 0. The predicted molar refractivity (Wildman–Crippen MR) is 96.5 cm³/mol. The Morgan fingerprint density at radius 2 is 1.96 bits per heavy atom. The van der Waals surface area contributed by atoms with E-state index < -0.39 is 0 Å². The van der Waals surface area contributed by atoms with E-state index in [1.165, 1.54) is 11.3 Å². The number of aryl methyl sites for hydroxylation is 1. The predicted octanol–water partition coefficient (Wildman–Crippen LogP) is 4.00. The minimum absolute atomic E-state index is 0.241. The molecule has 0 bridgehead atoms. The van der Waals surface area contributed by atoms with Crippen LogP contribution in [-0.4, -0.2) is 35.8 Å². The molecule has 0 atom stereocenters. The fraction of sp³-hybridized carbons (Fsp3) is 0.312. The van der Waals surface area contributed by atoms with Gasteiger partial charge < -0.3 is 14.8 Å². The molecule has 0 amide bonds. The van der Waals surface area contributed by atoms with Gasteiger partial charge in [-0.05, 0) is 26.0 Å². The van der Waals surface area contributed by atoms with Crippen molar-refractivity contribution in [2.24, 2.45) is 0 Å². The van der Waals surface area contributed by atoms with E-state index in [-0.39, 0.29) is 12.6 Å². The van der Waals surface area contributed by atoms with Gasteiger partial charge in [0.1, 0.15) is 11.5 Å². The lowest BCUT2D eigenvalue weighted by molar-refractivity contribution is 0.0339. The molecule has 0 unspecified atom stereocenters. The van der Waals surface area contributed by atoms with Gasteiger partial charge in [0, 0.05) is 6.61 Å². The number of carbonyl (C=O) groups is 1. The SMILES string of the molecule is CCOCCOC(=O)c1sc(Nc2nc3ccccc3s2)nc1C. The number of ether oxygens (including phenoxy) is 2. The van der Waals surface area contributed by atoms with Crippen LogP contribution in [0.3, 0.4) is 0 Å². The number of anilines is 2. The van der Waals surface area contributed by atoms with Crippen LogP contribution < -0.4 is 5.32 Å². The largest absolute Gasteiger partial charge is 0.459 e. The van der Waals surface area contributed by atoms with Crippen molar-refractivity contribution in [1.82, 2.24) is 9.97 Å². The van der Waals surface area contributed by atoms with Crippen molar-refractivity contribution < 1.29 is 14.3 Å². The molecule has 0 radical (unpaired) electrons. The number of nitrogens with one attached hydrogen (secondary N) is 1. The van der Waals surface area contributed by atoms with Gasteiger partial charge in [0.05, 0.1) is 22.5 Å². The summed E-state index contributed by atoms with van der Waals surface area (Å²) in [6, 6.07) is 7.92. The van der Waals surface area contributed by atoms with Gasteiger partial charge in [0.15, 0.2) is 10.3 Å². The molecule has 6 nitrogen and oxygen atoms in total. The highest BCUT2D eigenvalue weighted by molar-refractivity contribution is 7.23. The average Bonchev–Trinajstić information content (AvgIpc) is 3.14. The Morgan fingerprint density at radius 1 is 1.17 bits per heavy atom. The van der Waals surface area contributed by atoms with Crippen molar-refractivity contribution in [3.63, 3.8) is 0 Å². The fourth-order valence-electron chi connectivity index (χ4n) is 2.06. The van der Waals surface area contributed by atoms with Crippen LogP contribution in [0.15, 0.2) is 24.3 Å². The third-order valence-electron chi connectivity index (χ3n) is 3.15. The summed E-state index contributed by atoms with van der Waals surface area (Å²) < 4.78 is 11.4. The Labute approximate surface area is 147 Å². The molecule has 0 aliphatic carbocycles. The first kappa shape index (κ1) is 16.8. The van der Waals surface area contributed by atoms with Crippen molar-refractivity contribution in [1.29, 1.82) is 0 Å². The van der Waals surface area contributed by atoms with E-state index in [1.807, 2.05) is 31.2 Å². The highest BCUT2D eigenvalue weighted by atomic mass is 32.1.